The number of hydrogen-bond acceptors (Lipinski definition) is 2. The van der Waals surface area contributed by atoms with E-state index in [-0.39, 0.29) is 5.92 Å². The number of methoxy groups -OCH3 is 1. The SMILES string of the molecule is CC.COc1ccc2cc(C(C)C=O)ccc2c1. The van der Waals surface area contributed by atoms with Crippen molar-refractivity contribution in [3.63, 3.8) is 0 Å². The van der Waals surface area contributed by atoms with Crippen LogP contribution in [0.2, 0.25) is 0 Å². The van der Waals surface area contributed by atoms with Crippen LogP contribution in [0.3, 0.4) is 0 Å². The zero-order chi connectivity index (χ0) is 13.5. The van der Waals surface area contributed by atoms with E-state index in [0.29, 0.717) is 0 Å². The molecule has 0 saturated carbocycles. The molecule has 2 aromatic carbocycles. The third-order valence-corrected chi connectivity index (χ3v) is 2.80. The number of fused-ring (bicyclic) bond motifs is 1. The van der Waals surface area contributed by atoms with E-state index in [1.807, 2.05) is 57.2 Å². The van der Waals surface area contributed by atoms with Gasteiger partial charge in [-0.3, -0.25) is 0 Å². The zero-order valence-electron chi connectivity index (χ0n) is 11.4. The first-order valence-electron chi connectivity index (χ1n) is 6.27. The van der Waals surface area contributed by atoms with Gasteiger partial charge in [-0.15, -0.1) is 0 Å². The lowest BCUT2D eigenvalue weighted by atomic mass is 9.99. The molecule has 0 amide bonds. The second-order valence-electron chi connectivity index (χ2n) is 3.90. The maximum atomic E-state index is 10.7. The molecule has 1 unspecified atom stereocenters. The van der Waals surface area contributed by atoms with Gasteiger partial charge in [0.1, 0.15) is 12.0 Å². The van der Waals surface area contributed by atoms with Crippen molar-refractivity contribution in [1.29, 1.82) is 0 Å². The predicted molar refractivity (Wildman–Crippen MR) is 76.3 cm³/mol. The zero-order valence-corrected chi connectivity index (χ0v) is 11.4. The van der Waals surface area contributed by atoms with Crippen molar-refractivity contribution in [3.05, 3.63) is 42.0 Å². The number of aldehydes is 1. The van der Waals surface area contributed by atoms with Crippen LogP contribution >= 0.6 is 0 Å². The van der Waals surface area contributed by atoms with Gasteiger partial charge in [-0.1, -0.05) is 45.0 Å². The lowest BCUT2D eigenvalue weighted by Crippen LogP contribution is -1.93. The van der Waals surface area contributed by atoms with Crippen LogP contribution < -0.4 is 4.74 Å². The molecule has 2 rings (SSSR count). The first-order valence-corrected chi connectivity index (χ1v) is 6.27. The summed E-state index contributed by atoms with van der Waals surface area (Å²) in [6, 6.07) is 12.0. The molecule has 2 aromatic rings. The number of benzene rings is 2. The Bertz CT molecular complexity index is 517. The molecule has 0 spiro atoms. The molecule has 0 aromatic heterocycles. The molecule has 0 fully saturated rings. The molecular formula is C16H20O2. The van der Waals surface area contributed by atoms with Crippen molar-refractivity contribution < 1.29 is 9.53 Å². The molecule has 0 N–H and O–H groups in total. The van der Waals surface area contributed by atoms with Gasteiger partial charge in [0.2, 0.25) is 0 Å². The second-order valence-corrected chi connectivity index (χ2v) is 3.90. The average Bonchev–Trinajstić information content (AvgIpc) is 2.47. The van der Waals surface area contributed by atoms with Crippen molar-refractivity contribution in [2.75, 3.05) is 7.11 Å². The quantitative estimate of drug-likeness (QED) is 0.757. The summed E-state index contributed by atoms with van der Waals surface area (Å²) in [5.74, 6) is 0.801. The fourth-order valence-electron chi connectivity index (χ4n) is 1.73. The van der Waals surface area contributed by atoms with Crippen LogP contribution in [0.25, 0.3) is 10.8 Å². The number of carbonyl (C=O) groups is 1. The lowest BCUT2D eigenvalue weighted by Gasteiger charge is -2.07. The van der Waals surface area contributed by atoms with Crippen LogP contribution in [0.1, 0.15) is 32.3 Å². The third-order valence-electron chi connectivity index (χ3n) is 2.80. The van der Waals surface area contributed by atoms with Crippen LogP contribution in [-0.2, 0) is 4.79 Å². The van der Waals surface area contributed by atoms with Crippen molar-refractivity contribution >= 4 is 17.1 Å². The Labute approximate surface area is 109 Å². The summed E-state index contributed by atoms with van der Waals surface area (Å²) >= 11 is 0. The first-order chi connectivity index (χ1) is 8.74. The minimum Gasteiger partial charge on any atom is -0.497 e. The molecule has 0 saturated heterocycles. The standard InChI is InChI=1S/C14H14O2.C2H6/c1-10(9-15)11-3-4-13-8-14(16-2)6-5-12(13)7-11;1-2/h3-10H,1-2H3;1-2H3. The van der Waals surface area contributed by atoms with Crippen LogP contribution in [0.5, 0.6) is 5.75 Å². The fraction of sp³-hybridized carbons (Fsp3) is 0.312. The van der Waals surface area contributed by atoms with E-state index in [9.17, 15) is 4.79 Å². The second kappa shape index (κ2) is 6.80. The Morgan fingerprint density at radius 3 is 2.28 bits per heavy atom. The molecule has 18 heavy (non-hydrogen) atoms. The Kier molecular flexibility index (Phi) is 5.37. The Balaban J connectivity index is 0.000000771. The van der Waals surface area contributed by atoms with Gasteiger partial charge in [0, 0.05) is 5.92 Å². The van der Waals surface area contributed by atoms with Crippen LogP contribution in [0.15, 0.2) is 36.4 Å². The molecule has 0 bridgehead atoms. The van der Waals surface area contributed by atoms with E-state index in [1.54, 1.807) is 7.11 Å². The number of ether oxygens (including phenoxy) is 1. The maximum absolute atomic E-state index is 10.7. The maximum Gasteiger partial charge on any atom is 0.127 e. The van der Waals surface area contributed by atoms with Gasteiger partial charge in [-0.2, -0.15) is 0 Å². The highest BCUT2D eigenvalue weighted by Crippen LogP contribution is 2.24. The molecule has 0 heterocycles. The summed E-state index contributed by atoms with van der Waals surface area (Å²) in [7, 11) is 1.66. The largest absolute Gasteiger partial charge is 0.497 e. The smallest absolute Gasteiger partial charge is 0.127 e. The fourth-order valence-corrected chi connectivity index (χ4v) is 1.73. The van der Waals surface area contributed by atoms with E-state index in [4.69, 9.17) is 4.74 Å². The topological polar surface area (TPSA) is 26.3 Å². The molecule has 0 aliphatic rings. The summed E-state index contributed by atoms with van der Waals surface area (Å²) in [5.41, 5.74) is 1.05. The number of hydrogen-bond donors (Lipinski definition) is 0. The minimum absolute atomic E-state index is 0.0495. The molecule has 0 aliphatic carbocycles. The van der Waals surface area contributed by atoms with E-state index in [2.05, 4.69) is 0 Å². The highest BCUT2D eigenvalue weighted by molar-refractivity contribution is 5.85. The van der Waals surface area contributed by atoms with Crippen molar-refractivity contribution in [3.8, 4) is 5.75 Å². The minimum atomic E-state index is -0.0495. The highest BCUT2D eigenvalue weighted by Gasteiger charge is 2.04. The van der Waals surface area contributed by atoms with Crippen molar-refractivity contribution in [2.45, 2.75) is 26.7 Å². The predicted octanol–water partition coefficient (Wildman–Crippen LogP) is 4.18. The van der Waals surface area contributed by atoms with E-state index in [0.717, 1.165) is 28.4 Å². The summed E-state index contributed by atoms with van der Waals surface area (Å²) < 4.78 is 5.16. The molecule has 2 nitrogen and oxygen atoms in total. The molecule has 0 aliphatic heterocycles. The van der Waals surface area contributed by atoms with E-state index in [1.165, 1.54) is 0 Å². The molecule has 0 radical (unpaired) electrons. The normalized spacial score (nSPS) is 11.3. The summed E-state index contributed by atoms with van der Waals surface area (Å²) in [6.45, 7) is 5.90. The van der Waals surface area contributed by atoms with Crippen LogP contribution in [-0.4, -0.2) is 13.4 Å². The van der Waals surface area contributed by atoms with Gasteiger partial charge < -0.3 is 9.53 Å². The van der Waals surface area contributed by atoms with Gasteiger partial charge >= 0.3 is 0 Å². The van der Waals surface area contributed by atoms with Gasteiger partial charge in [-0.05, 0) is 28.5 Å². The molecule has 2 heteroatoms. The van der Waals surface area contributed by atoms with E-state index >= 15 is 0 Å². The van der Waals surface area contributed by atoms with Gasteiger partial charge in [0.05, 0.1) is 7.11 Å². The summed E-state index contributed by atoms with van der Waals surface area (Å²) in [6.07, 6.45) is 0.963. The first kappa shape index (κ1) is 14.2. The van der Waals surface area contributed by atoms with Gasteiger partial charge in [0.15, 0.2) is 0 Å². The number of rotatable bonds is 3. The number of carbonyl (C=O) groups excluding carboxylic acids is 1. The monoisotopic (exact) mass is 244 g/mol. The lowest BCUT2D eigenvalue weighted by molar-refractivity contribution is -0.108. The summed E-state index contributed by atoms with van der Waals surface area (Å²) in [5, 5.41) is 2.26. The molecule has 1 atom stereocenters. The van der Waals surface area contributed by atoms with Crippen molar-refractivity contribution in [2.24, 2.45) is 0 Å². The Morgan fingerprint density at radius 2 is 1.67 bits per heavy atom. The van der Waals surface area contributed by atoms with E-state index < -0.39 is 0 Å². The van der Waals surface area contributed by atoms with Crippen molar-refractivity contribution in [1.82, 2.24) is 0 Å². The Hall–Kier alpha value is -1.83. The Morgan fingerprint density at radius 1 is 1.06 bits per heavy atom. The van der Waals surface area contributed by atoms with Crippen LogP contribution in [0, 0.1) is 0 Å². The third kappa shape index (κ3) is 3.10. The van der Waals surface area contributed by atoms with Crippen LogP contribution in [0.4, 0.5) is 0 Å². The van der Waals surface area contributed by atoms with Gasteiger partial charge in [0.25, 0.3) is 0 Å². The van der Waals surface area contributed by atoms with Gasteiger partial charge in [-0.25, -0.2) is 0 Å². The molecular weight excluding hydrogens is 224 g/mol. The molecule has 96 valence electrons. The average molecular weight is 244 g/mol. The highest BCUT2D eigenvalue weighted by atomic mass is 16.5. The summed E-state index contributed by atoms with van der Waals surface area (Å²) in [4.78, 5) is 10.7.